The highest BCUT2D eigenvalue weighted by molar-refractivity contribution is 6.18. The zero-order chi connectivity index (χ0) is 10.4. The van der Waals surface area contributed by atoms with Crippen LogP contribution in [0.25, 0.3) is 0 Å². The zero-order valence-corrected chi connectivity index (χ0v) is 7.95. The fourth-order valence-corrected chi connectivity index (χ4v) is 0.809. The highest BCUT2D eigenvalue weighted by atomic mass is 35.5. The van der Waals surface area contributed by atoms with Gasteiger partial charge in [-0.2, -0.15) is 0 Å². The van der Waals surface area contributed by atoms with Crippen molar-refractivity contribution in [3.8, 4) is 11.8 Å². The van der Waals surface area contributed by atoms with Crippen LogP contribution in [0.5, 0.6) is 0 Å². The number of aromatic carboxylic acids is 1. The Morgan fingerprint density at radius 3 is 2.64 bits per heavy atom. The Labute approximate surface area is 86.0 Å². The molecular formula is C9H7ClN2O2. The Morgan fingerprint density at radius 2 is 2.14 bits per heavy atom. The van der Waals surface area contributed by atoms with Crippen molar-refractivity contribution in [3.05, 3.63) is 23.8 Å². The summed E-state index contributed by atoms with van der Waals surface area (Å²) in [7, 11) is 0. The third kappa shape index (κ3) is 3.04. The molecule has 1 rings (SSSR count). The van der Waals surface area contributed by atoms with Crippen molar-refractivity contribution in [3.63, 3.8) is 0 Å². The maximum atomic E-state index is 10.4. The molecule has 0 aliphatic heterocycles. The average molecular weight is 211 g/mol. The molecule has 0 fully saturated rings. The predicted molar refractivity (Wildman–Crippen MR) is 51.2 cm³/mol. The van der Waals surface area contributed by atoms with Crippen molar-refractivity contribution < 1.29 is 9.90 Å². The predicted octanol–water partition coefficient (Wildman–Crippen LogP) is 1.16. The van der Waals surface area contributed by atoms with Crippen LogP contribution in [-0.2, 0) is 0 Å². The smallest absolute Gasteiger partial charge is 0.373 e. The molecule has 72 valence electrons. The van der Waals surface area contributed by atoms with Crippen LogP contribution in [0.3, 0.4) is 0 Å². The molecule has 0 aromatic carbocycles. The van der Waals surface area contributed by atoms with Gasteiger partial charge in [0.25, 0.3) is 0 Å². The number of halogens is 1. The minimum Gasteiger partial charge on any atom is -0.475 e. The number of hydrogen-bond acceptors (Lipinski definition) is 3. The van der Waals surface area contributed by atoms with Crippen molar-refractivity contribution in [1.82, 2.24) is 9.97 Å². The molecule has 1 N–H and O–H groups in total. The number of carbonyl (C=O) groups is 1. The van der Waals surface area contributed by atoms with Gasteiger partial charge in [0.1, 0.15) is 0 Å². The van der Waals surface area contributed by atoms with Crippen LogP contribution in [0, 0.1) is 11.8 Å². The van der Waals surface area contributed by atoms with Crippen molar-refractivity contribution in [1.29, 1.82) is 0 Å². The van der Waals surface area contributed by atoms with Gasteiger partial charge < -0.3 is 5.11 Å². The third-order valence-corrected chi connectivity index (χ3v) is 1.48. The van der Waals surface area contributed by atoms with E-state index in [0.717, 1.165) is 0 Å². The fraction of sp³-hybridized carbons (Fsp3) is 0.222. The molecule has 0 aliphatic carbocycles. The Morgan fingerprint density at radius 1 is 1.50 bits per heavy atom. The molecule has 4 nitrogen and oxygen atoms in total. The number of carboxylic acid groups (broad SMARTS) is 1. The molecule has 1 aromatic rings. The topological polar surface area (TPSA) is 63.1 Å². The Hall–Kier alpha value is -1.60. The van der Waals surface area contributed by atoms with Crippen LogP contribution >= 0.6 is 11.6 Å². The van der Waals surface area contributed by atoms with Gasteiger partial charge in [0, 0.05) is 24.7 Å². The maximum Gasteiger partial charge on any atom is 0.373 e. The van der Waals surface area contributed by atoms with Gasteiger partial charge in [-0.3, -0.25) is 0 Å². The lowest BCUT2D eigenvalue weighted by Crippen LogP contribution is -2.03. The van der Waals surface area contributed by atoms with E-state index in [0.29, 0.717) is 17.9 Å². The van der Waals surface area contributed by atoms with E-state index in [2.05, 4.69) is 21.8 Å². The van der Waals surface area contributed by atoms with E-state index >= 15 is 0 Å². The molecule has 0 spiro atoms. The summed E-state index contributed by atoms with van der Waals surface area (Å²) >= 11 is 5.42. The summed E-state index contributed by atoms with van der Waals surface area (Å²) < 4.78 is 0. The second-order valence-electron chi connectivity index (χ2n) is 2.34. The van der Waals surface area contributed by atoms with Gasteiger partial charge in [-0.05, 0) is 0 Å². The highest BCUT2D eigenvalue weighted by Crippen LogP contribution is 1.94. The van der Waals surface area contributed by atoms with Crippen molar-refractivity contribution in [2.75, 3.05) is 5.88 Å². The molecule has 0 bridgehead atoms. The normalized spacial score (nSPS) is 8.93. The molecule has 0 aliphatic rings. The van der Waals surface area contributed by atoms with Gasteiger partial charge in [-0.15, -0.1) is 11.6 Å². The number of hydrogen-bond donors (Lipinski definition) is 1. The summed E-state index contributed by atoms with van der Waals surface area (Å²) in [6.07, 6.45) is 3.33. The third-order valence-electron chi connectivity index (χ3n) is 1.30. The standard InChI is InChI=1S/C9H7ClN2O2/c10-4-2-1-3-7-5-11-8(9(13)14)12-6-7/h5-6H,2,4H2,(H,13,14). The molecule has 0 amide bonds. The molecule has 0 unspecified atom stereocenters. The molecule has 1 heterocycles. The first-order valence-electron chi connectivity index (χ1n) is 3.84. The van der Waals surface area contributed by atoms with Crippen LogP contribution < -0.4 is 0 Å². The van der Waals surface area contributed by atoms with E-state index in [-0.39, 0.29) is 5.82 Å². The monoisotopic (exact) mass is 210 g/mol. The largest absolute Gasteiger partial charge is 0.475 e. The second-order valence-corrected chi connectivity index (χ2v) is 2.72. The molecule has 0 atom stereocenters. The van der Waals surface area contributed by atoms with E-state index in [4.69, 9.17) is 16.7 Å². The van der Waals surface area contributed by atoms with E-state index < -0.39 is 5.97 Å². The summed E-state index contributed by atoms with van der Waals surface area (Å²) in [6, 6.07) is 0. The summed E-state index contributed by atoms with van der Waals surface area (Å²) in [6.45, 7) is 0. The van der Waals surface area contributed by atoms with Crippen LogP contribution in [-0.4, -0.2) is 26.9 Å². The summed E-state index contributed by atoms with van der Waals surface area (Å²) in [5, 5.41) is 8.51. The molecule has 5 heteroatoms. The van der Waals surface area contributed by atoms with Crippen molar-refractivity contribution in [2.24, 2.45) is 0 Å². The number of alkyl halides is 1. The van der Waals surface area contributed by atoms with Gasteiger partial charge >= 0.3 is 5.97 Å². The first-order chi connectivity index (χ1) is 6.74. The first kappa shape index (κ1) is 10.5. The number of nitrogens with zero attached hydrogens (tertiary/aromatic N) is 2. The molecule has 0 saturated carbocycles. The quantitative estimate of drug-likeness (QED) is 0.588. The lowest BCUT2D eigenvalue weighted by Gasteiger charge is -1.91. The Kier molecular flexibility index (Phi) is 3.89. The second kappa shape index (κ2) is 5.20. The molecular weight excluding hydrogens is 204 g/mol. The summed E-state index contributed by atoms with van der Waals surface area (Å²) in [5.41, 5.74) is 0.583. The number of rotatable bonds is 2. The fourth-order valence-electron chi connectivity index (χ4n) is 0.715. The molecule has 0 radical (unpaired) electrons. The number of carboxylic acids is 1. The zero-order valence-electron chi connectivity index (χ0n) is 7.20. The maximum absolute atomic E-state index is 10.4. The van der Waals surface area contributed by atoms with Gasteiger partial charge in [-0.25, -0.2) is 14.8 Å². The summed E-state index contributed by atoms with van der Waals surface area (Å²) in [4.78, 5) is 17.6. The Bertz CT molecular complexity index is 378. The van der Waals surface area contributed by atoms with Gasteiger partial charge in [0.15, 0.2) is 0 Å². The minimum absolute atomic E-state index is 0.229. The molecule has 1 aromatic heterocycles. The highest BCUT2D eigenvalue weighted by Gasteiger charge is 2.03. The van der Waals surface area contributed by atoms with E-state index in [1.165, 1.54) is 12.4 Å². The van der Waals surface area contributed by atoms with E-state index in [9.17, 15) is 4.79 Å². The van der Waals surface area contributed by atoms with Crippen LogP contribution in [0.15, 0.2) is 12.4 Å². The van der Waals surface area contributed by atoms with Crippen LogP contribution in [0.2, 0.25) is 0 Å². The van der Waals surface area contributed by atoms with Crippen molar-refractivity contribution in [2.45, 2.75) is 6.42 Å². The molecule has 14 heavy (non-hydrogen) atoms. The lowest BCUT2D eigenvalue weighted by molar-refractivity contribution is 0.0683. The van der Waals surface area contributed by atoms with Gasteiger partial charge in [0.05, 0.1) is 5.56 Å². The van der Waals surface area contributed by atoms with E-state index in [1.807, 2.05) is 0 Å². The minimum atomic E-state index is -1.15. The number of aromatic nitrogens is 2. The average Bonchev–Trinajstić information content (AvgIpc) is 2.19. The van der Waals surface area contributed by atoms with Gasteiger partial charge in [-0.1, -0.05) is 11.8 Å². The van der Waals surface area contributed by atoms with Crippen molar-refractivity contribution >= 4 is 17.6 Å². The van der Waals surface area contributed by atoms with Crippen LogP contribution in [0.1, 0.15) is 22.6 Å². The first-order valence-corrected chi connectivity index (χ1v) is 4.37. The van der Waals surface area contributed by atoms with E-state index in [1.54, 1.807) is 0 Å². The van der Waals surface area contributed by atoms with Crippen LogP contribution in [0.4, 0.5) is 0 Å². The summed E-state index contributed by atoms with van der Waals surface area (Å²) in [5.74, 6) is 4.65. The Balaban J connectivity index is 2.75. The van der Waals surface area contributed by atoms with Gasteiger partial charge in [0.2, 0.25) is 5.82 Å². The lowest BCUT2D eigenvalue weighted by atomic mass is 10.3. The SMILES string of the molecule is O=C(O)c1ncc(C#CCCCl)cn1. The molecule has 0 saturated heterocycles.